The van der Waals surface area contributed by atoms with Crippen molar-refractivity contribution in [2.24, 2.45) is 5.41 Å². The van der Waals surface area contributed by atoms with Crippen LogP contribution in [0, 0.1) is 5.41 Å². The van der Waals surface area contributed by atoms with Crippen molar-refractivity contribution in [1.82, 2.24) is 0 Å². The van der Waals surface area contributed by atoms with Crippen LogP contribution in [0.25, 0.3) is 10.4 Å². The van der Waals surface area contributed by atoms with Gasteiger partial charge in [-0.05, 0) is 27.7 Å². The highest BCUT2D eigenvalue weighted by Gasteiger charge is 2.45. The Morgan fingerprint density at radius 2 is 0.931 bits per heavy atom. The Balaban J connectivity index is 1.86. The summed E-state index contributed by atoms with van der Waals surface area (Å²) >= 11 is 0. The first-order valence-electron chi connectivity index (χ1n) is 11.1. The standard InChI is InChI=1S/C27H36Si2/c1-27(2,23-17-25(28(3,4)5)21-15-11-9-13-19(21)23)24-18-26(29(6,7)8)22-16-12-10-14-20(22)24/h9-18,23-24H,1-8H3. The zero-order valence-corrected chi connectivity index (χ0v) is 21.4. The highest BCUT2D eigenvalue weighted by molar-refractivity contribution is 6.94. The van der Waals surface area contributed by atoms with Crippen molar-refractivity contribution in [3.8, 4) is 0 Å². The second-order valence-electron chi connectivity index (χ2n) is 11.6. The summed E-state index contributed by atoms with van der Waals surface area (Å²) in [5, 5.41) is 3.29. The molecule has 2 aromatic carbocycles. The fourth-order valence-corrected chi connectivity index (χ4v) is 8.86. The second kappa shape index (κ2) is 6.68. The first-order valence-corrected chi connectivity index (χ1v) is 18.1. The molecule has 0 heterocycles. The van der Waals surface area contributed by atoms with Gasteiger partial charge >= 0.3 is 0 Å². The maximum Gasteiger partial charge on any atom is 0.0780 e. The van der Waals surface area contributed by atoms with Gasteiger partial charge in [-0.1, -0.05) is 124 Å². The van der Waals surface area contributed by atoms with Crippen LogP contribution in [-0.4, -0.2) is 16.1 Å². The van der Waals surface area contributed by atoms with E-state index < -0.39 is 16.1 Å². The van der Waals surface area contributed by atoms with Crippen molar-refractivity contribution in [1.29, 1.82) is 0 Å². The molecule has 0 saturated heterocycles. The van der Waals surface area contributed by atoms with Crippen LogP contribution >= 0.6 is 0 Å². The molecule has 0 saturated carbocycles. The van der Waals surface area contributed by atoms with Gasteiger partial charge in [0.15, 0.2) is 0 Å². The summed E-state index contributed by atoms with van der Waals surface area (Å²) in [4.78, 5) is 0. The average molecular weight is 417 g/mol. The zero-order valence-electron chi connectivity index (χ0n) is 19.4. The Kier molecular flexibility index (Phi) is 4.75. The summed E-state index contributed by atoms with van der Waals surface area (Å²) in [7, 11) is -2.80. The van der Waals surface area contributed by atoms with Gasteiger partial charge in [0.25, 0.3) is 0 Å². The fraction of sp³-hybridized carbons (Fsp3) is 0.407. The molecule has 0 aliphatic heterocycles. The minimum atomic E-state index is -1.40. The van der Waals surface area contributed by atoms with E-state index >= 15 is 0 Å². The first-order chi connectivity index (χ1) is 13.4. The molecule has 29 heavy (non-hydrogen) atoms. The SMILES string of the molecule is CC(C)(C1C=C([Si](C)(C)C)c2ccccc21)C1C=C([Si](C)(C)C)c2ccccc21. The van der Waals surface area contributed by atoms with Gasteiger partial charge in [0.2, 0.25) is 0 Å². The zero-order chi connectivity index (χ0) is 21.2. The van der Waals surface area contributed by atoms with Crippen LogP contribution in [0.4, 0.5) is 0 Å². The van der Waals surface area contributed by atoms with Gasteiger partial charge in [-0.3, -0.25) is 0 Å². The summed E-state index contributed by atoms with van der Waals surface area (Å²) in [6, 6.07) is 18.4. The van der Waals surface area contributed by atoms with E-state index in [0.717, 1.165) is 0 Å². The number of benzene rings is 2. The van der Waals surface area contributed by atoms with Crippen LogP contribution < -0.4 is 0 Å². The fourth-order valence-electron chi connectivity index (χ4n) is 5.45. The lowest BCUT2D eigenvalue weighted by Gasteiger charge is -2.37. The molecule has 0 spiro atoms. The monoisotopic (exact) mass is 416 g/mol. The number of hydrogen-bond donors (Lipinski definition) is 0. The van der Waals surface area contributed by atoms with Crippen molar-refractivity contribution in [2.75, 3.05) is 0 Å². The minimum absolute atomic E-state index is 0.134. The predicted octanol–water partition coefficient (Wildman–Crippen LogP) is 8.13. The summed E-state index contributed by atoms with van der Waals surface area (Å²) in [6.07, 6.45) is 5.31. The molecule has 2 heteroatoms. The van der Waals surface area contributed by atoms with E-state index in [-0.39, 0.29) is 5.41 Å². The molecule has 2 aliphatic carbocycles. The molecule has 4 rings (SSSR count). The van der Waals surface area contributed by atoms with E-state index in [4.69, 9.17) is 0 Å². The molecule has 0 radical (unpaired) electrons. The molecule has 2 aliphatic rings. The minimum Gasteiger partial charge on any atom is -0.0766 e. The average Bonchev–Trinajstić information content (AvgIpc) is 3.21. The molecule has 2 atom stereocenters. The lowest BCUT2D eigenvalue weighted by molar-refractivity contribution is 0.292. The quantitative estimate of drug-likeness (QED) is 0.441. The van der Waals surface area contributed by atoms with Gasteiger partial charge in [0, 0.05) is 11.8 Å². The molecule has 0 amide bonds. The van der Waals surface area contributed by atoms with Crippen LogP contribution in [0.15, 0.2) is 60.7 Å². The molecule has 0 aromatic heterocycles. The van der Waals surface area contributed by atoms with Gasteiger partial charge in [-0.2, -0.15) is 0 Å². The van der Waals surface area contributed by atoms with E-state index in [2.05, 4.69) is 114 Å². The molecule has 2 unspecified atom stereocenters. The number of hydrogen-bond acceptors (Lipinski definition) is 0. The number of fused-ring (bicyclic) bond motifs is 2. The maximum absolute atomic E-state index is 2.65. The molecular weight excluding hydrogens is 380 g/mol. The molecule has 152 valence electrons. The van der Waals surface area contributed by atoms with Gasteiger partial charge in [0.05, 0.1) is 16.1 Å². The normalized spacial score (nSPS) is 21.5. The first kappa shape index (κ1) is 20.6. The smallest absolute Gasteiger partial charge is 0.0766 e. The Morgan fingerprint density at radius 1 is 0.586 bits per heavy atom. The lowest BCUT2D eigenvalue weighted by Crippen LogP contribution is -2.27. The van der Waals surface area contributed by atoms with Gasteiger partial charge in [-0.25, -0.2) is 0 Å². The molecule has 0 bridgehead atoms. The summed E-state index contributed by atoms with van der Waals surface area (Å²) < 4.78 is 0. The van der Waals surface area contributed by atoms with Gasteiger partial charge in [-0.15, -0.1) is 0 Å². The Bertz CT molecular complexity index is 928. The van der Waals surface area contributed by atoms with E-state index in [1.165, 1.54) is 11.1 Å². The third kappa shape index (κ3) is 3.35. The molecule has 2 aromatic rings. The largest absolute Gasteiger partial charge is 0.0780 e. The van der Waals surface area contributed by atoms with Crippen LogP contribution in [0.1, 0.15) is 47.9 Å². The number of allylic oxidation sites excluding steroid dienone is 2. The number of rotatable bonds is 4. The third-order valence-corrected chi connectivity index (χ3v) is 11.2. The summed E-state index contributed by atoms with van der Waals surface area (Å²) in [6.45, 7) is 19.9. The van der Waals surface area contributed by atoms with Crippen molar-refractivity contribution in [3.05, 3.63) is 82.9 Å². The van der Waals surface area contributed by atoms with Crippen LogP contribution in [0.5, 0.6) is 0 Å². The lowest BCUT2D eigenvalue weighted by atomic mass is 9.66. The van der Waals surface area contributed by atoms with Crippen molar-refractivity contribution >= 4 is 26.5 Å². The highest BCUT2D eigenvalue weighted by atomic mass is 28.3. The van der Waals surface area contributed by atoms with Crippen LogP contribution in [-0.2, 0) is 0 Å². The van der Waals surface area contributed by atoms with Crippen LogP contribution in [0.2, 0.25) is 39.3 Å². The molecular formula is C27H36Si2. The van der Waals surface area contributed by atoms with E-state index in [9.17, 15) is 0 Å². The van der Waals surface area contributed by atoms with Gasteiger partial charge in [0.1, 0.15) is 0 Å². The Labute approximate surface area is 179 Å². The molecule has 0 N–H and O–H groups in total. The topological polar surface area (TPSA) is 0 Å². The summed E-state index contributed by atoms with van der Waals surface area (Å²) in [5.74, 6) is 0.937. The van der Waals surface area contributed by atoms with E-state index in [1.54, 1.807) is 21.5 Å². The predicted molar refractivity (Wildman–Crippen MR) is 135 cm³/mol. The van der Waals surface area contributed by atoms with Crippen molar-refractivity contribution in [3.63, 3.8) is 0 Å². The van der Waals surface area contributed by atoms with E-state index in [0.29, 0.717) is 11.8 Å². The Morgan fingerprint density at radius 3 is 1.28 bits per heavy atom. The summed E-state index contributed by atoms with van der Waals surface area (Å²) in [5.41, 5.74) is 6.26. The maximum atomic E-state index is 2.65. The molecule has 0 nitrogen and oxygen atoms in total. The molecule has 0 fully saturated rings. The van der Waals surface area contributed by atoms with Gasteiger partial charge < -0.3 is 0 Å². The third-order valence-electron chi connectivity index (χ3n) is 7.06. The highest BCUT2D eigenvalue weighted by Crippen LogP contribution is 2.57. The van der Waals surface area contributed by atoms with E-state index in [1.807, 2.05) is 0 Å². The van der Waals surface area contributed by atoms with Crippen molar-refractivity contribution in [2.45, 2.75) is 65.0 Å². The van der Waals surface area contributed by atoms with Crippen molar-refractivity contribution < 1.29 is 0 Å². The second-order valence-corrected chi connectivity index (χ2v) is 21.7. The Hall–Kier alpha value is -1.65. The van der Waals surface area contributed by atoms with Crippen LogP contribution in [0.3, 0.4) is 0 Å².